The van der Waals surface area contributed by atoms with Crippen molar-refractivity contribution in [2.24, 2.45) is 0 Å². The van der Waals surface area contributed by atoms with E-state index in [0.717, 1.165) is 0 Å². The van der Waals surface area contributed by atoms with Crippen molar-refractivity contribution in [2.75, 3.05) is 0 Å². The third-order valence-electron chi connectivity index (χ3n) is 0.496. The first-order chi connectivity index (χ1) is 2.77. The molecule has 0 aromatic rings. The molecule has 0 saturated carbocycles. The summed E-state index contributed by atoms with van der Waals surface area (Å²) in [5.41, 5.74) is 0. The number of hydrogen-bond acceptors (Lipinski definition) is 0. The topological polar surface area (TPSA) is 0 Å². The van der Waals surface area contributed by atoms with Crippen LogP contribution in [0.25, 0.3) is 0 Å². The Kier molecular flexibility index (Phi) is 3.01. The zero-order chi connectivity index (χ0) is 4.99. The predicted molar refractivity (Wildman–Crippen MR) is 32.2 cm³/mol. The minimum atomic E-state index is 0.218. The van der Waals surface area contributed by atoms with Crippen LogP contribution in [0.1, 0.15) is 6.92 Å². The molecule has 0 bridgehead atoms. The van der Waals surface area contributed by atoms with E-state index in [9.17, 15) is 0 Å². The van der Waals surface area contributed by atoms with Gasteiger partial charge < -0.3 is 0 Å². The predicted octanol–water partition coefficient (Wildman–Crippen LogP) is 0.891. The lowest BCUT2D eigenvalue weighted by Crippen LogP contribution is -1.99. The Morgan fingerprint density at radius 2 is 2.17 bits per heavy atom. The first kappa shape index (κ1) is 5.87. The summed E-state index contributed by atoms with van der Waals surface area (Å²) in [6, 6.07) is 0. The van der Waals surface area contributed by atoms with E-state index in [0.29, 0.717) is 0 Å². The lowest BCUT2D eigenvalue weighted by Gasteiger charge is -1.81. The van der Waals surface area contributed by atoms with Gasteiger partial charge in [-0.25, -0.2) is 0 Å². The van der Waals surface area contributed by atoms with Crippen molar-refractivity contribution in [1.29, 1.82) is 0 Å². The quantitative estimate of drug-likeness (QED) is 0.408. The fraction of sp³-hybridized carbons (Fsp3) is 0.500. The van der Waals surface area contributed by atoms with E-state index in [1.165, 1.54) is 0 Å². The molecule has 30 valence electrons. The van der Waals surface area contributed by atoms with Gasteiger partial charge >= 0.3 is 0 Å². The van der Waals surface area contributed by atoms with Crippen molar-refractivity contribution in [3.8, 4) is 0 Å². The van der Waals surface area contributed by atoms with Gasteiger partial charge in [0.25, 0.3) is 0 Å². The Labute approximate surface area is 41.1 Å². The maximum Gasteiger partial charge on any atom is 0.113 e. The number of rotatable bonds is 1. The first-order valence-corrected chi connectivity index (χ1v) is 2.15. The highest BCUT2D eigenvalue weighted by Crippen LogP contribution is 1.73. The molecule has 0 rings (SSSR count). The van der Waals surface area contributed by atoms with Crippen LogP contribution in [-0.2, 0) is 0 Å². The van der Waals surface area contributed by atoms with Crippen LogP contribution in [-0.4, -0.2) is 14.3 Å². The standard InChI is InChI=1S/C4H8B2/c1-3-4-6(2)5/h3-4H,1-2H3. The summed E-state index contributed by atoms with van der Waals surface area (Å²) in [4.78, 5) is 0. The second-order valence-corrected chi connectivity index (χ2v) is 1.38. The lowest BCUT2D eigenvalue weighted by atomic mass is 9.35. The van der Waals surface area contributed by atoms with Gasteiger partial charge in [0.15, 0.2) is 0 Å². The van der Waals surface area contributed by atoms with Crippen molar-refractivity contribution >= 4 is 14.3 Å². The highest BCUT2D eigenvalue weighted by molar-refractivity contribution is 7.05. The summed E-state index contributed by atoms with van der Waals surface area (Å²) in [5, 5.41) is 0. The fourth-order valence-electron chi connectivity index (χ4n) is 0.304. The number of hydrogen-bond donors (Lipinski definition) is 0. The summed E-state index contributed by atoms with van der Waals surface area (Å²) in [6.07, 6.45) is 1.95. The Hall–Kier alpha value is -0.130. The molecular formula is C4H8B2. The van der Waals surface area contributed by atoms with E-state index < -0.39 is 0 Å². The van der Waals surface area contributed by atoms with Crippen LogP contribution in [0.15, 0.2) is 12.1 Å². The Morgan fingerprint density at radius 1 is 1.67 bits per heavy atom. The highest BCUT2D eigenvalue weighted by Gasteiger charge is 1.82. The summed E-state index contributed by atoms with van der Waals surface area (Å²) in [7, 11) is 5.32. The van der Waals surface area contributed by atoms with Gasteiger partial charge in [0.1, 0.15) is 6.60 Å². The monoisotopic (exact) mass is 78.1 g/mol. The molecule has 0 aliphatic rings. The zero-order valence-electron chi connectivity index (χ0n) is 4.31. The van der Waals surface area contributed by atoms with Crippen LogP contribution in [0.5, 0.6) is 0 Å². The van der Waals surface area contributed by atoms with E-state index >= 15 is 0 Å². The van der Waals surface area contributed by atoms with Crippen LogP contribution < -0.4 is 0 Å². The summed E-state index contributed by atoms with van der Waals surface area (Å²) < 4.78 is 0. The SMILES string of the molecule is [B]B(C)C=CC. The first-order valence-electron chi connectivity index (χ1n) is 2.15. The molecule has 0 aromatic heterocycles. The molecular weight excluding hydrogens is 69.7 g/mol. The van der Waals surface area contributed by atoms with Gasteiger partial charge in [0.2, 0.25) is 0 Å². The van der Waals surface area contributed by atoms with E-state index in [1.54, 1.807) is 0 Å². The molecule has 0 fully saturated rings. The zero-order valence-corrected chi connectivity index (χ0v) is 4.31. The van der Waals surface area contributed by atoms with Crippen molar-refractivity contribution in [3.05, 3.63) is 12.1 Å². The highest BCUT2D eigenvalue weighted by atomic mass is 13.4. The molecule has 0 aliphatic heterocycles. The molecule has 0 unspecified atom stereocenters. The Morgan fingerprint density at radius 3 is 2.17 bits per heavy atom. The molecule has 0 heterocycles. The number of allylic oxidation sites excluding steroid dienone is 1. The average molecular weight is 77.7 g/mol. The molecule has 0 atom stereocenters. The normalized spacial score (nSPS) is 9.67. The van der Waals surface area contributed by atoms with Crippen molar-refractivity contribution in [1.82, 2.24) is 0 Å². The molecule has 0 amide bonds. The van der Waals surface area contributed by atoms with Gasteiger partial charge in [0.05, 0.1) is 0 Å². The molecule has 0 N–H and O–H groups in total. The van der Waals surface area contributed by atoms with Gasteiger partial charge in [-0.2, -0.15) is 0 Å². The second-order valence-electron chi connectivity index (χ2n) is 1.38. The summed E-state index contributed by atoms with van der Waals surface area (Å²) >= 11 is 0. The van der Waals surface area contributed by atoms with Crippen molar-refractivity contribution in [2.45, 2.75) is 13.7 Å². The minimum absolute atomic E-state index is 0.218. The fourth-order valence-corrected chi connectivity index (χ4v) is 0.304. The Balaban J connectivity index is 3.03. The molecule has 0 nitrogen and oxygen atoms in total. The van der Waals surface area contributed by atoms with E-state index in [-0.39, 0.29) is 6.60 Å². The molecule has 0 aromatic carbocycles. The van der Waals surface area contributed by atoms with Crippen LogP contribution in [0.3, 0.4) is 0 Å². The van der Waals surface area contributed by atoms with Gasteiger partial charge in [-0.15, -0.1) is 12.1 Å². The van der Waals surface area contributed by atoms with Gasteiger partial charge in [-0.05, 0) is 6.92 Å². The molecule has 0 saturated heterocycles. The maximum atomic E-state index is 5.32. The van der Waals surface area contributed by atoms with Crippen molar-refractivity contribution < 1.29 is 0 Å². The minimum Gasteiger partial charge on any atom is -0.129 e. The molecule has 0 aliphatic carbocycles. The van der Waals surface area contributed by atoms with Gasteiger partial charge in [0, 0.05) is 7.74 Å². The average Bonchev–Trinajstić information content (AvgIpc) is 1.35. The molecule has 0 spiro atoms. The van der Waals surface area contributed by atoms with Crippen LogP contribution in [0.4, 0.5) is 0 Å². The Bertz CT molecular complexity index is 47.5. The summed E-state index contributed by atoms with van der Waals surface area (Å²) in [5.74, 6) is 1.94. The lowest BCUT2D eigenvalue weighted by molar-refractivity contribution is 1.77. The largest absolute Gasteiger partial charge is 0.129 e. The van der Waals surface area contributed by atoms with Gasteiger partial charge in [-0.1, -0.05) is 6.82 Å². The van der Waals surface area contributed by atoms with Gasteiger partial charge in [-0.3, -0.25) is 0 Å². The van der Waals surface area contributed by atoms with E-state index in [1.807, 2.05) is 25.8 Å². The van der Waals surface area contributed by atoms with E-state index in [2.05, 4.69) is 0 Å². The summed E-state index contributed by atoms with van der Waals surface area (Å²) in [6.45, 7) is 4.12. The molecule has 6 heavy (non-hydrogen) atoms. The van der Waals surface area contributed by atoms with E-state index in [4.69, 9.17) is 7.74 Å². The molecule has 2 heteroatoms. The van der Waals surface area contributed by atoms with Crippen LogP contribution in [0, 0.1) is 0 Å². The maximum absolute atomic E-state index is 5.32. The second kappa shape index (κ2) is 3.08. The smallest absolute Gasteiger partial charge is 0.113 e. The molecule has 2 radical (unpaired) electrons. The van der Waals surface area contributed by atoms with Crippen LogP contribution in [0.2, 0.25) is 6.82 Å². The third-order valence-corrected chi connectivity index (χ3v) is 0.496. The third kappa shape index (κ3) is 3.87. The van der Waals surface area contributed by atoms with Crippen molar-refractivity contribution in [3.63, 3.8) is 0 Å². The van der Waals surface area contributed by atoms with Crippen LogP contribution >= 0.6 is 0 Å².